The molecule has 0 N–H and O–H groups in total. The number of hydrogen-bond donors (Lipinski definition) is 0. The van der Waals surface area contributed by atoms with Gasteiger partial charge in [0.25, 0.3) is 5.91 Å². The maximum atomic E-state index is 13.7. The van der Waals surface area contributed by atoms with Crippen LogP contribution in [0.3, 0.4) is 0 Å². The molecule has 8 heteroatoms. The third-order valence-corrected chi connectivity index (χ3v) is 6.62. The van der Waals surface area contributed by atoms with Crippen LogP contribution in [0, 0.1) is 0 Å². The first-order chi connectivity index (χ1) is 16.2. The van der Waals surface area contributed by atoms with Crippen LogP contribution in [0.1, 0.15) is 37.2 Å². The highest BCUT2D eigenvalue weighted by molar-refractivity contribution is 7.22. The molecule has 1 fully saturated rings. The molecule has 0 spiro atoms. The number of ether oxygens (including phenoxy) is 3. The molecule has 172 valence electrons. The van der Waals surface area contributed by atoms with Gasteiger partial charge in [-0.05, 0) is 51.0 Å². The molecular formula is C25H26N2O5S. The van der Waals surface area contributed by atoms with Gasteiger partial charge in [0.1, 0.15) is 11.3 Å². The van der Waals surface area contributed by atoms with Gasteiger partial charge >= 0.3 is 0 Å². The second-order valence-electron chi connectivity index (χ2n) is 7.80. The van der Waals surface area contributed by atoms with Gasteiger partial charge in [0.05, 0.1) is 30.6 Å². The minimum Gasteiger partial charge on any atom is -0.492 e. The Labute approximate surface area is 195 Å². The van der Waals surface area contributed by atoms with Crippen LogP contribution in [-0.2, 0) is 4.74 Å². The van der Waals surface area contributed by atoms with E-state index in [-0.39, 0.29) is 17.8 Å². The van der Waals surface area contributed by atoms with E-state index in [0.717, 1.165) is 28.4 Å². The number of rotatable bonds is 8. The van der Waals surface area contributed by atoms with Crippen LogP contribution in [0.4, 0.5) is 5.13 Å². The van der Waals surface area contributed by atoms with E-state index in [9.17, 15) is 4.79 Å². The zero-order chi connectivity index (χ0) is 22.8. The Morgan fingerprint density at radius 3 is 2.73 bits per heavy atom. The average Bonchev–Trinajstić information content (AvgIpc) is 3.57. The van der Waals surface area contributed by atoms with Crippen molar-refractivity contribution in [1.82, 2.24) is 4.98 Å². The van der Waals surface area contributed by atoms with Gasteiger partial charge in [-0.2, -0.15) is 0 Å². The summed E-state index contributed by atoms with van der Waals surface area (Å²) in [6.07, 6.45) is 1.87. The summed E-state index contributed by atoms with van der Waals surface area (Å²) >= 11 is 1.46. The van der Waals surface area contributed by atoms with E-state index in [1.165, 1.54) is 11.3 Å². The van der Waals surface area contributed by atoms with E-state index in [2.05, 4.69) is 0 Å². The number of carbonyl (C=O) groups excluding carboxylic acids is 1. The Balaban J connectivity index is 1.55. The highest BCUT2D eigenvalue weighted by atomic mass is 32.1. The number of aromatic nitrogens is 1. The molecule has 33 heavy (non-hydrogen) atoms. The molecule has 1 atom stereocenters. The largest absolute Gasteiger partial charge is 0.492 e. The molecule has 1 saturated heterocycles. The van der Waals surface area contributed by atoms with E-state index in [1.807, 2.05) is 50.2 Å². The normalized spacial score (nSPS) is 15.9. The molecule has 1 aliphatic rings. The number of anilines is 1. The molecule has 2 aromatic carbocycles. The molecule has 0 saturated carbocycles. The summed E-state index contributed by atoms with van der Waals surface area (Å²) in [7, 11) is 0. The molecule has 7 nitrogen and oxygen atoms in total. The van der Waals surface area contributed by atoms with Crippen molar-refractivity contribution in [2.24, 2.45) is 0 Å². The lowest BCUT2D eigenvalue weighted by Gasteiger charge is -2.22. The van der Waals surface area contributed by atoms with Gasteiger partial charge in [-0.25, -0.2) is 4.98 Å². The van der Waals surface area contributed by atoms with Gasteiger partial charge in [0, 0.05) is 12.0 Å². The van der Waals surface area contributed by atoms with Gasteiger partial charge < -0.3 is 18.6 Å². The number of nitrogens with zero attached hydrogens (tertiary/aromatic N) is 2. The van der Waals surface area contributed by atoms with Crippen molar-refractivity contribution < 1.29 is 23.4 Å². The lowest BCUT2D eigenvalue weighted by atomic mass is 10.2. The Kier molecular flexibility index (Phi) is 6.20. The van der Waals surface area contributed by atoms with Gasteiger partial charge in [0.2, 0.25) is 0 Å². The second kappa shape index (κ2) is 9.41. The van der Waals surface area contributed by atoms with Gasteiger partial charge in [-0.15, -0.1) is 0 Å². The summed E-state index contributed by atoms with van der Waals surface area (Å²) in [6, 6.07) is 13.2. The number of hydrogen-bond acceptors (Lipinski definition) is 7. The van der Waals surface area contributed by atoms with E-state index < -0.39 is 0 Å². The fourth-order valence-corrected chi connectivity index (χ4v) is 5.07. The summed E-state index contributed by atoms with van der Waals surface area (Å²) in [5.41, 5.74) is 1.33. The van der Waals surface area contributed by atoms with Crippen molar-refractivity contribution in [2.45, 2.75) is 32.8 Å². The smallest absolute Gasteiger partial charge is 0.295 e. The first-order valence-corrected chi connectivity index (χ1v) is 12.1. The fourth-order valence-electron chi connectivity index (χ4n) is 4.08. The van der Waals surface area contributed by atoms with Crippen molar-refractivity contribution in [3.63, 3.8) is 0 Å². The Morgan fingerprint density at radius 1 is 1.15 bits per heavy atom. The Morgan fingerprint density at radius 2 is 1.94 bits per heavy atom. The summed E-state index contributed by atoms with van der Waals surface area (Å²) in [4.78, 5) is 20.2. The molecule has 0 radical (unpaired) electrons. The number of fused-ring (bicyclic) bond motifs is 2. The molecule has 1 unspecified atom stereocenters. The summed E-state index contributed by atoms with van der Waals surface area (Å²) in [6.45, 7) is 6.05. The quantitative estimate of drug-likeness (QED) is 0.333. The molecule has 3 heterocycles. The molecule has 4 aromatic rings. The second-order valence-corrected chi connectivity index (χ2v) is 8.81. The standard InChI is InChI=1S/C25H26N2O5S/c1-3-29-18-10-6-12-21-22(18)26-25(33-21)27(15-17-9-7-13-31-17)24(28)20-14-16-8-5-11-19(30-4-2)23(16)32-20/h5-6,8,10-12,14,17H,3-4,7,9,13,15H2,1-2H3. The summed E-state index contributed by atoms with van der Waals surface area (Å²) in [5.74, 6) is 1.34. The number of furan rings is 1. The zero-order valence-electron chi connectivity index (χ0n) is 18.7. The molecule has 2 aromatic heterocycles. The average molecular weight is 467 g/mol. The highest BCUT2D eigenvalue weighted by Crippen LogP contribution is 2.36. The molecule has 0 aliphatic carbocycles. The van der Waals surface area contributed by atoms with Crippen LogP contribution in [0.5, 0.6) is 11.5 Å². The predicted molar refractivity (Wildman–Crippen MR) is 129 cm³/mol. The maximum absolute atomic E-state index is 13.7. The zero-order valence-corrected chi connectivity index (χ0v) is 19.5. The third-order valence-electron chi connectivity index (χ3n) is 5.58. The number of carbonyl (C=O) groups is 1. The lowest BCUT2D eigenvalue weighted by molar-refractivity contribution is 0.0896. The molecule has 5 rings (SSSR count). The van der Waals surface area contributed by atoms with E-state index >= 15 is 0 Å². The van der Waals surface area contributed by atoms with Gasteiger partial charge in [0.15, 0.2) is 22.2 Å². The van der Waals surface area contributed by atoms with Crippen molar-refractivity contribution in [1.29, 1.82) is 0 Å². The van der Waals surface area contributed by atoms with E-state index in [0.29, 0.717) is 48.6 Å². The van der Waals surface area contributed by atoms with Crippen molar-refractivity contribution in [3.8, 4) is 11.5 Å². The monoisotopic (exact) mass is 466 g/mol. The topological polar surface area (TPSA) is 74.0 Å². The Bertz CT molecular complexity index is 1270. The minimum atomic E-state index is -0.249. The molecule has 1 aliphatic heterocycles. The predicted octanol–water partition coefficient (Wildman–Crippen LogP) is 5.67. The fraction of sp³-hybridized carbons (Fsp3) is 0.360. The van der Waals surface area contributed by atoms with Crippen LogP contribution in [-0.4, -0.2) is 43.4 Å². The van der Waals surface area contributed by atoms with E-state index in [1.54, 1.807) is 11.0 Å². The first-order valence-electron chi connectivity index (χ1n) is 11.3. The minimum absolute atomic E-state index is 0.0318. The van der Waals surface area contributed by atoms with Gasteiger partial charge in [-0.3, -0.25) is 9.69 Å². The van der Waals surface area contributed by atoms with Gasteiger partial charge in [-0.1, -0.05) is 29.5 Å². The van der Waals surface area contributed by atoms with Crippen LogP contribution in [0.25, 0.3) is 21.2 Å². The number of thiazole rings is 1. The lowest BCUT2D eigenvalue weighted by Crippen LogP contribution is -2.37. The van der Waals surface area contributed by atoms with Crippen LogP contribution in [0.15, 0.2) is 46.9 Å². The first kappa shape index (κ1) is 21.7. The van der Waals surface area contributed by atoms with Crippen LogP contribution >= 0.6 is 11.3 Å². The number of benzene rings is 2. The highest BCUT2D eigenvalue weighted by Gasteiger charge is 2.29. The van der Waals surface area contributed by atoms with Crippen molar-refractivity contribution in [2.75, 3.05) is 31.3 Å². The molecule has 1 amide bonds. The molecular weight excluding hydrogens is 440 g/mol. The number of amides is 1. The van der Waals surface area contributed by atoms with E-state index in [4.69, 9.17) is 23.6 Å². The van der Waals surface area contributed by atoms with Crippen LogP contribution in [0.2, 0.25) is 0 Å². The summed E-state index contributed by atoms with van der Waals surface area (Å²) < 4.78 is 24.2. The molecule has 0 bridgehead atoms. The van der Waals surface area contributed by atoms with Crippen LogP contribution < -0.4 is 14.4 Å². The third kappa shape index (κ3) is 4.28. The summed E-state index contributed by atoms with van der Waals surface area (Å²) in [5, 5.41) is 1.42. The van der Waals surface area contributed by atoms with Crippen molar-refractivity contribution >= 4 is 43.6 Å². The number of para-hydroxylation sites is 2. The van der Waals surface area contributed by atoms with Crippen molar-refractivity contribution in [3.05, 3.63) is 48.2 Å². The maximum Gasteiger partial charge on any atom is 0.295 e. The Hall–Kier alpha value is -3.10. The SMILES string of the molecule is CCOc1cccc2sc(N(CC3CCCO3)C(=O)c3cc4cccc(OCC)c4o3)nc12.